The lowest BCUT2D eigenvalue weighted by Gasteiger charge is -2.07. The molecule has 23 heavy (non-hydrogen) atoms. The van der Waals surface area contributed by atoms with Crippen LogP contribution in [-0.2, 0) is 13.5 Å². The maximum Gasteiger partial charge on any atom is 0.354 e. The zero-order valence-corrected chi connectivity index (χ0v) is 13.0. The Labute approximate surface area is 134 Å². The van der Waals surface area contributed by atoms with Crippen LogP contribution >= 0.6 is 0 Å². The van der Waals surface area contributed by atoms with E-state index in [0.29, 0.717) is 6.42 Å². The van der Waals surface area contributed by atoms with Crippen LogP contribution < -0.4 is 0 Å². The van der Waals surface area contributed by atoms with Gasteiger partial charge in [-0.25, -0.2) is 9.78 Å². The highest BCUT2D eigenvalue weighted by Crippen LogP contribution is 2.20. The molecule has 0 radical (unpaired) electrons. The largest absolute Gasteiger partial charge is 0.477 e. The molecule has 0 spiro atoms. The summed E-state index contributed by atoms with van der Waals surface area (Å²) < 4.78 is 1.77. The van der Waals surface area contributed by atoms with Crippen LogP contribution in [0.25, 0.3) is 11.3 Å². The summed E-state index contributed by atoms with van der Waals surface area (Å²) in [6.07, 6.45) is 4.20. The van der Waals surface area contributed by atoms with Crippen molar-refractivity contribution in [1.82, 2.24) is 14.8 Å². The van der Waals surface area contributed by atoms with Crippen molar-refractivity contribution in [3.8, 4) is 11.3 Å². The molecule has 0 unspecified atom stereocenters. The predicted octanol–water partition coefficient (Wildman–Crippen LogP) is 3.08. The Balaban J connectivity index is 1.83. The van der Waals surface area contributed by atoms with E-state index >= 15 is 0 Å². The molecule has 0 fully saturated rings. The number of benzene rings is 1. The topological polar surface area (TPSA) is 68.0 Å². The summed E-state index contributed by atoms with van der Waals surface area (Å²) in [4.78, 5) is 15.0. The number of hydrogen-bond donors (Lipinski definition) is 1. The molecule has 3 aromatic rings. The highest BCUT2D eigenvalue weighted by Gasteiger charge is 2.09. The highest BCUT2D eigenvalue weighted by molar-refractivity contribution is 5.85. The van der Waals surface area contributed by atoms with Crippen molar-refractivity contribution in [3.05, 3.63) is 71.2 Å². The van der Waals surface area contributed by atoms with Gasteiger partial charge in [0.1, 0.15) is 5.69 Å². The second-order valence-electron chi connectivity index (χ2n) is 5.55. The predicted molar refractivity (Wildman–Crippen MR) is 87.4 cm³/mol. The van der Waals surface area contributed by atoms with Crippen molar-refractivity contribution >= 4 is 5.97 Å². The smallest absolute Gasteiger partial charge is 0.354 e. The molecule has 0 aliphatic rings. The summed E-state index contributed by atoms with van der Waals surface area (Å²) in [7, 11) is 1.89. The first kappa shape index (κ1) is 15.0. The summed E-state index contributed by atoms with van der Waals surface area (Å²) >= 11 is 0. The lowest BCUT2D eigenvalue weighted by Crippen LogP contribution is -2.03. The number of carbonyl (C=O) groups is 1. The molecule has 5 nitrogen and oxygen atoms in total. The molecule has 0 bridgehead atoms. The number of nitrogens with zero attached hydrogens (tertiary/aromatic N) is 3. The van der Waals surface area contributed by atoms with Crippen molar-refractivity contribution in [2.24, 2.45) is 7.05 Å². The molecular formula is C18H17N3O2. The number of rotatable bonds is 4. The maximum absolute atomic E-state index is 11.0. The summed E-state index contributed by atoms with van der Waals surface area (Å²) in [6.45, 7) is 1.94. The molecule has 0 atom stereocenters. The number of pyridine rings is 1. The third-order valence-corrected chi connectivity index (χ3v) is 3.79. The van der Waals surface area contributed by atoms with Crippen LogP contribution in [0.5, 0.6) is 0 Å². The Hall–Kier alpha value is -2.95. The van der Waals surface area contributed by atoms with Crippen LogP contribution in [0.4, 0.5) is 0 Å². The lowest BCUT2D eigenvalue weighted by atomic mass is 10.00. The lowest BCUT2D eigenvalue weighted by molar-refractivity contribution is 0.0690. The molecular weight excluding hydrogens is 290 g/mol. The first-order valence-corrected chi connectivity index (χ1v) is 7.31. The SMILES string of the molecule is Cc1cnc(C(=O)O)cc1Cc1ccc(-c2ccn(C)n2)cc1. The number of aromatic nitrogens is 3. The number of aryl methyl sites for hydroxylation is 2. The second kappa shape index (κ2) is 6.04. The standard InChI is InChI=1S/C18H17N3O2/c1-12-11-19-17(18(22)23)10-15(12)9-13-3-5-14(6-4-13)16-7-8-21(2)20-16/h3-8,10-11H,9H2,1-2H3,(H,22,23). The molecule has 2 aromatic heterocycles. The molecule has 2 heterocycles. The van der Waals surface area contributed by atoms with E-state index in [1.54, 1.807) is 16.9 Å². The molecule has 5 heteroatoms. The minimum Gasteiger partial charge on any atom is -0.477 e. The molecule has 3 rings (SSSR count). The van der Waals surface area contributed by atoms with E-state index in [4.69, 9.17) is 5.11 Å². The first-order valence-electron chi connectivity index (χ1n) is 7.31. The van der Waals surface area contributed by atoms with Crippen LogP contribution in [0.1, 0.15) is 27.2 Å². The molecule has 0 amide bonds. The number of aromatic carboxylic acids is 1. The molecule has 116 valence electrons. The molecule has 1 N–H and O–H groups in total. The van der Waals surface area contributed by atoms with E-state index in [1.807, 2.05) is 50.5 Å². The molecule has 0 saturated carbocycles. The number of carboxylic acids is 1. The van der Waals surface area contributed by atoms with Crippen molar-refractivity contribution in [2.75, 3.05) is 0 Å². The third-order valence-electron chi connectivity index (χ3n) is 3.79. The van der Waals surface area contributed by atoms with Crippen molar-refractivity contribution in [1.29, 1.82) is 0 Å². The van der Waals surface area contributed by atoms with Gasteiger partial charge in [-0.05, 0) is 42.2 Å². The van der Waals surface area contributed by atoms with Gasteiger partial charge in [0.15, 0.2) is 0 Å². The van der Waals surface area contributed by atoms with Gasteiger partial charge in [0.05, 0.1) is 5.69 Å². The fourth-order valence-electron chi connectivity index (χ4n) is 2.46. The zero-order valence-electron chi connectivity index (χ0n) is 13.0. The average molecular weight is 307 g/mol. The normalized spacial score (nSPS) is 10.7. The fourth-order valence-corrected chi connectivity index (χ4v) is 2.46. The Morgan fingerprint density at radius 2 is 1.96 bits per heavy atom. The summed E-state index contributed by atoms with van der Waals surface area (Å²) in [6, 6.07) is 11.8. The monoisotopic (exact) mass is 307 g/mol. The van der Waals surface area contributed by atoms with Gasteiger partial charge in [0, 0.05) is 25.0 Å². The molecule has 0 aliphatic carbocycles. The van der Waals surface area contributed by atoms with Gasteiger partial charge in [-0.15, -0.1) is 0 Å². The summed E-state index contributed by atoms with van der Waals surface area (Å²) in [5.41, 5.74) is 5.16. The van der Waals surface area contributed by atoms with Crippen molar-refractivity contribution < 1.29 is 9.90 Å². The van der Waals surface area contributed by atoms with Crippen molar-refractivity contribution in [2.45, 2.75) is 13.3 Å². The fraction of sp³-hybridized carbons (Fsp3) is 0.167. The Kier molecular flexibility index (Phi) is 3.93. The van der Waals surface area contributed by atoms with Crippen LogP contribution in [-0.4, -0.2) is 25.8 Å². The van der Waals surface area contributed by atoms with Gasteiger partial charge in [-0.3, -0.25) is 4.68 Å². The Morgan fingerprint density at radius 3 is 2.57 bits per heavy atom. The molecule has 1 aromatic carbocycles. The van der Waals surface area contributed by atoms with Gasteiger partial charge in [-0.2, -0.15) is 5.10 Å². The third kappa shape index (κ3) is 3.29. The van der Waals surface area contributed by atoms with E-state index in [-0.39, 0.29) is 5.69 Å². The summed E-state index contributed by atoms with van der Waals surface area (Å²) in [5, 5.41) is 13.4. The molecule has 0 aliphatic heterocycles. The van der Waals surface area contributed by atoms with E-state index in [0.717, 1.165) is 27.9 Å². The average Bonchev–Trinajstić information content (AvgIpc) is 2.96. The van der Waals surface area contributed by atoms with Gasteiger partial charge >= 0.3 is 5.97 Å². The quantitative estimate of drug-likeness (QED) is 0.804. The highest BCUT2D eigenvalue weighted by atomic mass is 16.4. The Bertz CT molecular complexity index is 851. The van der Waals surface area contributed by atoms with Gasteiger partial charge in [-0.1, -0.05) is 24.3 Å². The second-order valence-corrected chi connectivity index (χ2v) is 5.55. The number of carboxylic acid groups (broad SMARTS) is 1. The van der Waals surface area contributed by atoms with E-state index in [1.165, 1.54) is 0 Å². The minimum atomic E-state index is -1.00. The van der Waals surface area contributed by atoms with Crippen LogP contribution in [0.2, 0.25) is 0 Å². The van der Waals surface area contributed by atoms with Gasteiger partial charge in [0.25, 0.3) is 0 Å². The van der Waals surface area contributed by atoms with Crippen LogP contribution in [0, 0.1) is 6.92 Å². The zero-order chi connectivity index (χ0) is 16.4. The minimum absolute atomic E-state index is 0.0794. The summed E-state index contributed by atoms with van der Waals surface area (Å²) in [5.74, 6) is -1.00. The van der Waals surface area contributed by atoms with Crippen LogP contribution in [0.15, 0.2) is 48.8 Å². The van der Waals surface area contributed by atoms with E-state index in [2.05, 4.69) is 10.1 Å². The Morgan fingerprint density at radius 1 is 1.22 bits per heavy atom. The maximum atomic E-state index is 11.0. The van der Waals surface area contributed by atoms with E-state index < -0.39 is 5.97 Å². The first-order chi connectivity index (χ1) is 11.0. The number of hydrogen-bond acceptors (Lipinski definition) is 3. The van der Waals surface area contributed by atoms with Gasteiger partial charge in [0.2, 0.25) is 0 Å². The van der Waals surface area contributed by atoms with Crippen molar-refractivity contribution in [3.63, 3.8) is 0 Å². The van der Waals surface area contributed by atoms with E-state index in [9.17, 15) is 4.79 Å². The molecule has 0 saturated heterocycles. The van der Waals surface area contributed by atoms with Gasteiger partial charge < -0.3 is 5.11 Å². The van der Waals surface area contributed by atoms with Crippen LogP contribution in [0.3, 0.4) is 0 Å².